The summed E-state index contributed by atoms with van der Waals surface area (Å²) >= 11 is 0. The Labute approximate surface area is 158 Å². The van der Waals surface area contributed by atoms with E-state index >= 15 is 0 Å². The average molecular weight is 373 g/mol. The molecule has 0 radical (unpaired) electrons. The van der Waals surface area contributed by atoms with Crippen LogP contribution in [0.25, 0.3) is 0 Å². The number of nitrogens with zero attached hydrogens (tertiary/aromatic N) is 1. The molecule has 2 aromatic carbocycles. The third kappa shape index (κ3) is 5.10. The molecule has 6 nitrogen and oxygen atoms in total. The second kappa shape index (κ2) is 9.23. The van der Waals surface area contributed by atoms with E-state index in [0.717, 1.165) is 23.5 Å². The monoisotopic (exact) mass is 373 g/mol. The molecular weight excluding hydrogens is 349 g/mol. The summed E-state index contributed by atoms with van der Waals surface area (Å²) in [7, 11) is 0. The van der Waals surface area contributed by atoms with Gasteiger partial charge in [0.1, 0.15) is 11.9 Å². The highest BCUT2D eigenvalue weighted by Crippen LogP contribution is 2.32. The van der Waals surface area contributed by atoms with Gasteiger partial charge in [-0.05, 0) is 37.1 Å². The second-order valence-corrected chi connectivity index (χ2v) is 6.12. The van der Waals surface area contributed by atoms with Crippen LogP contribution in [0.3, 0.4) is 0 Å². The molecule has 0 spiro atoms. The number of benzene rings is 2. The maximum Gasteiger partial charge on any atom is 0.231 e. The molecule has 0 aliphatic carbocycles. The van der Waals surface area contributed by atoms with Gasteiger partial charge in [0.15, 0.2) is 17.5 Å². The van der Waals surface area contributed by atoms with Crippen LogP contribution in [-0.4, -0.2) is 37.5 Å². The summed E-state index contributed by atoms with van der Waals surface area (Å²) in [6.45, 7) is 3.63. The number of guanidine groups is 1. The van der Waals surface area contributed by atoms with Crippen molar-refractivity contribution in [1.29, 1.82) is 0 Å². The van der Waals surface area contributed by atoms with Crippen molar-refractivity contribution in [3.8, 4) is 11.5 Å². The molecule has 3 rings (SSSR count). The molecule has 1 aliphatic heterocycles. The topological polar surface area (TPSA) is 75.1 Å². The fourth-order valence-electron chi connectivity index (χ4n) is 2.78. The lowest BCUT2D eigenvalue weighted by Crippen LogP contribution is -2.38. The van der Waals surface area contributed by atoms with E-state index < -0.39 is 11.9 Å². The SMILES string of the molecule is CCNC(=NCC(O)c1ccccc1F)NCCc1ccc2c(c1)OCO2. The predicted molar refractivity (Wildman–Crippen MR) is 102 cm³/mol. The van der Waals surface area contributed by atoms with Crippen LogP contribution in [0, 0.1) is 5.82 Å². The van der Waals surface area contributed by atoms with Gasteiger partial charge in [0.05, 0.1) is 6.54 Å². The van der Waals surface area contributed by atoms with Crippen LogP contribution in [0.15, 0.2) is 47.5 Å². The summed E-state index contributed by atoms with van der Waals surface area (Å²) in [5.74, 6) is 1.68. The Morgan fingerprint density at radius 2 is 2.00 bits per heavy atom. The maximum absolute atomic E-state index is 13.7. The molecule has 0 bridgehead atoms. The normalized spacial score (nSPS) is 14.1. The molecule has 0 aromatic heterocycles. The standard InChI is InChI=1S/C20H24FN3O3/c1-2-22-20(24-12-17(25)15-5-3-4-6-16(15)21)23-10-9-14-7-8-18-19(11-14)27-13-26-18/h3-8,11,17,25H,2,9-10,12-13H2,1H3,(H2,22,23,24). The minimum atomic E-state index is -0.990. The fourth-order valence-corrected chi connectivity index (χ4v) is 2.78. The summed E-state index contributed by atoms with van der Waals surface area (Å²) in [6, 6.07) is 12.1. The average Bonchev–Trinajstić information content (AvgIpc) is 3.14. The Balaban J connectivity index is 1.54. The van der Waals surface area contributed by atoms with Gasteiger partial charge >= 0.3 is 0 Å². The zero-order valence-electron chi connectivity index (χ0n) is 15.2. The van der Waals surface area contributed by atoms with Crippen LogP contribution in [0.1, 0.15) is 24.2 Å². The number of aliphatic hydroxyl groups is 1. The smallest absolute Gasteiger partial charge is 0.231 e. The van der Waals surface area contributed by atoms with Crippen LogP contribution < -0.4 is 20.1 Å². The highest BCUT2D eigenvalue weighted by atomic mass is 19.1. The summed E-state index contributed by atoms with van der Waals surface area (Å²) in [6.07, 6.45) is -0.216. The lowest BCUT2D eigenvalue weighted by Gasteiger charge is -2.14. The van der Waals surface area contributed by atoms with Gasteiger partial charge in [-0.15, -0.1) is 0 Å². The fraction of sp³-hybridized carbons (Fsp3) is 0.350. The quantitative estimate of drug-likeness (QED) is 0.513. The highest BCUT2D eigenvalue weighted by molar-refractivity contribution is 5.79. The van der Waals surface area contributed by atoms with Gasteiger partial charge in [-0.3, -0.25) is 4.99 Å². The van der Waals surface area contributed by atoms with E-state index in [9.17, 15) is 9.50 Å². The van der Waals surface area contributed by atoms with Gasteiger partial charge in [-0.2, -0.15) is 0 Å². The van der Waals surface area contributed by atoms with Crippen LogP contribution in [0.5, 0.6) is 11.5 Å². The number of nitrogens with one attached hydrogen (secondary N) is 2. The van der Waals surface area contributed by atoms with E-state index in [1.54, 1.807) is 18.2 Å². The molecule has 0 saturated heterocycles. The van der Waals surface area contributed by atoms with E-state index in [-0.39, 0.29) is 18.9 Å². The van der Waals surface area contributed by atoms with Crippen molar-refractivity contribution in [2.24, 2.45) is 4.99 Å². The molecule has 1 aliphatic rings. The van der Waals surface area contributed by atoms with Crippen LogP contribution in [0.2, 0.25) is 0 Å². The number of halogens is 1. The Bertz CT molecular complexity index is 798. The molecule has 7 heteroatoms. The maximum atomic E-state index is 13.7. The Morgan fingerprint density at radius 1 is 1.19 bits per heavy atom. The van der Waals surface area contributed by atoms with E-state index in [1.165, 1.54) is 6.07 Å². The van der Waals surface area contributed by atoms with Gasteiger partial charge in [-0.25, -0.2) is 4.39 Å². The van der Waals surface area contributed by atoms with Crippen molar-refractivity contribution in [2.75, 3.05) is 26.4 Å². The lowest BCUT2D eigenvalue weighted by atomic mass is 10.1. The first-order valence-corrected chi connectivity index (χ1v) is 9.00. The molecular formula is C20H24FN3O3. The summed E-state index contributed by atoms with van der Waals surface area (Å²) in [5.41, 5.74) is 1.37. The van der Waals surface area contributed by atoms with Crippen LogP contribution in [0.4, 0.5) is 4.39 Å². The predicted octanol–water partition coefficient (Wildman–Crippen LogP) is 2.39. The van der Waals surface area contributed by atoms with Crippen molar-refractivity contribution >= 4 is 5.96 Å². The van der Waals surface area contributed by atoms with Crippen molar-refractivity contribution in [1.82, 2.24) is 10.6 Å². The van der Waals surface area contributed by atoms with Crippen LogP contribution >= 0.6 is 0 Å². The summed E-state index contributed by atoms with van der Waals surface area (Å²) < 4.78 is 24.4. The van der Waals surface area contributed by atoms with E-state index in [2.05, 4.69) is 15.6 Å². The third-order valence-electron chi connectivity index (χ3n) is 4.17. The van der Waals surface area contributed by atoms with Crippen LogP contribution in [-0.2, 0) is 6.42 Å². The molecule has 2 aromatic rings. The van der Waals surface area contributed by atoms with Gasteiger partial charge in [0.2, 0.25) is 6.79 Å². The second-order valence-electron chi connectivity index (χ2n) is 6.12. The first kappa shape index (κ1) is 19.0. The zero-order chi connectivity index (χ0) is 19.1. The lowest BCUT2D eigenvalue weighted by molar-refractivity contribution is 0.174. The minimum Gasteiger partial charge on any atom is -0.454 e. The number of ether oxygens (including phenoxy) is 2. The Morgan fingerprint density at radius 3 is 2.81 bits per heavy atom. The Kier molecular flexibility index (Phi) is 6.49. The van der Waals surface area contributed by atoms with Crippen molar-refractivity contribution in [3.05, 3.63) is 59.4 Å². The van der Waals surface area contributed by atoms with Crippen molar-refractivity contribution in [3.63, 3.8) is 0 Å². The van der Waals surface area contributed by atoms with Gasteiger partial charge in [0.25, 0.3) is 0 Å². The molecule has 144 valence electrons. The highest BCUT2D eigenvalue weighted by Gasteiger charge is 2.14. The number of aliphatic hydroxyl groups excluding tert-OH is 1. The van der Waals surface area contributed by atoms with E-state index in [1.807, 2.05) is 25.1 Å². The van der Waals surface area contributed by atoms with Crippen molar-refractivity contribution in [2.45, 2.75) is 19.4 Å². The van der Waals surface area contributed by atoms with Gasteiger partial charge in [-0.1, -0.05) is 24.3 Å². The molecule has 1 atom stereocenters. The van der Waals surface area contributed by atoms with Crippen molar-refractivity contribution < 1.29 is 19.0 Å². The molecule has 1 unspecified atom stereocenters. The first-order valence-electron chi connectivity index (χ1n) is 9.00. The molecule has 27 heavy (non-hydrogen) atoms. The Hall–Kier alpha value is -2.80. The molecule has 1 heterocycles. The van der Waals surface area contributed by atoms with Gasteiger partial charge < -0.3 is 25.2 Å². The zero-order valence-corrected chi connectivity index (χ0v) is 15.2. The third-order valence-corrected chi connectivity index (χ3v) is 4.17. The van der Waals surface area contributed by atoms with Gasteiger partial charge in [0, 0.05) is 18.7 Å². The number of hydrogen-bond donors (Lipinski definition) is 3. The summed E-state index contributed by atoms with van der Waals surface area (Å²) in [5, 5.41) is 16.5. The molecule has 3 N–H and O–H groups in total. The number of rotatable bonds is 7. The number of hydrogen-bond acceptors (Lipinski definition) is 4. The number of fused-ring (bicyclic) bond motifs is 1. The number of aliphatic imine (C=N–C) groups is 1. The largest absolute Gasteiger partial charge is 0.454 e. The van der Waals surface area contributed by atoms with E-state index in [4.69, 9.17) is 9.47 Å². The van der Waals surface area contributed by atoms with E-state index in [0.29, 0.717) is 19.0 Å². The molecule has 0 fully saturated rings. The summed E-state index contributed by atoms with van der Waals surface area (Å²) in [4.78, 5) is 4.35. The minimum absolute atomic E-state index is 0.0697. The molecule has 0 amide bonds. The molecule has 0 saturated carbocycles. The first-order chi connectivity index (χ1) is 13.2.